The third-order valence-electron chi connectivity index (χ3n) is 6.03. The molecular weight excluding hydrogens is 420 g/mol. The van der Waals surface area contributed by atoms with E-state index in [0.717, 1.165) is 62.6 Å². The molecule has 6 heteroatoms. The van der Waals surface area contributed by atoms with Crippen molar-refractivity contribution in [1.29, 1.82) is 0 Å². The highest BCUT2D eigenvalue weighted by atomic mass is 15.1. The van der Waals surface area contributed by atoms with E-state index >= 15 is 0 Å². The second-order valence-electron chi connectivity index (χ2n) is 9.46. The molecule has 5 rings (SSSR count). The maximum absolute atomic E-state index is 4.56. The first-order valence-corrected chi connectivity index (χ1v) is 11.8. The van der Waals surface area contributed by atoms with E-state index in [1.54, 1.807) is 0 Å². The zero-order chi connectivity index (χ0) is 23.7. The number of hydrogen-bond donors (Lipinski definition) is 3. The lowest BCUT2D eigenvalue weighted by Crippen LogP contribution is -2.01. The normalized spacial score (nSPS) is 13.3. The van der Waals surface area contributed by atoms with E-state index in [2.05, 4.69) is 82.1 Å². The molecule has 0 spiro atoms. The van der Waals surface area contributed by atoms with Gasteiger partial charge >= 0.3 is 0 Å². The lowest BCUT2D eigenvalue weighted by molar-refractivity contribution is 0.635. The van der Waals surface area contributed by atoms with Crippen LogP contribution < -0.4 is 10.6 Å². The number of benzene rings is 1. The zero-order valence-electron chi connectivity index (χ0n) is 19.7. The minimum absolute atomic E-state index is 0.578. The quantitative estimate of drug-likeness (QED) is 0.266. The molecule has 1 saturated carbocycles. The van der Waals surface area contributed by atoms with Crippen LogP contribution in [0.2, 0.25) is 0 Å². The van der Waals surface area contributed by atoms with Gasteiger partial charge in [-0.1, -0.05) is 33.1 Å². The number of aromatic amines is 1. The van der Waals surface area contributed by atoms with Gasteiger partial charge in [0.1, 0.15) is 5.69 Å². The molecule has 0 bridgehead atoms. The minimum Gasteiger partial charge on any atom is -0.358 e. The number of pyridine rings is 2. The van der Waals surface area contributed by atoms with Gasteiger partial charge in [0.15, 0.2) is 0 Å². The molecule has 0 unspecified atom stereocenters. The fourth-order valence-corrected chi connectivity index (χ4v) is 4.08. The van der Waals surface area contributed by atoms with E-state index in [1.807, 2.05) is 30.7 Å². The van der Waals surface area contributed by atoms with Gasteiger partial charge in [0.25, 0.3) is 0 Å². The smallest absolute Gasteiger partial charge is 0.116 e. The molecule has 0 atom stereocenters. The van der Waals surface area contributed by atoms with E-state index in [9.17, 15) is 0 Å². The van der Waals surface area contributed by atoms with E-state index in [-0.39, 0.29) is 0 Å². The molecule has 1 aliphatic rings. The first-order valence-electron chi connectivity index (χ1n) is 11.8. The van der Waals surface area contributed by atoms with Gasteiger partial charge in [-0.3, -0.25) is 15.1 Å². The van der Waals surface area contributed by atoms with Gasteiger partial charge in [0.05, 0.1) is 35.0 Å². The van der Waals surface area contributed by atoms with Crippen molar-refractivity contribution in [2.24, 2.45) is 11.8 Å². The summed E-state index contributed by atoms with van der Waals surface area (Å²) in [5.41, 5.74) is 8.57. The number of rotatable bonds is 9. The number of anilines is 2. The standard InChI is InChI=1S/C28H30N6/c1-17(2)11-23-8-9-24(16-30-23)32-19(4)28-26-13-21(7-10-27(26)33-34-28)22-12-25(15-29-14-22)31-18(3)20-5-6-20/h7-10,12-17,20,31-32H,3-6,11H2,1-2H3,(H,33,34). The molecule has 3 aromatic heterocycles. The van der Waals surface area contributed by atoms with Gasteiger partial charge in [0, 0.05) is 28.5 Å². The predicted octanol–water partition coefficient (Wildman–Crippen LogP) is 6.64. The van der Waals surface area contributed by atoms with Gasteiger partial charge in [-0.2, -0.15) is 5.10 Å². The summed E-state index contributed by atoms with van der Waals surface area (Å²) < 4.78 is 0. The highest BCUT2D eigenvalue weighted by Gasteiger charge is 2.24. The van der Waals surface area contributed by atoms with Crippen LogP contribution in [-0.4, -0.2) is 20.2 Å². The van der Waals surface area contributed by atoms with Gasteiger partial charge in [-0.15, -0.1) is 0 Å². The van der Waals surface area contributed by atoms with Crippen molar-refractivity contribution in [1.82, 2.24) is 20.2 Å². The predicted molar refractivity (Wildman–Crippen MR) is 140 cm³/mol. The third-order valence-corrected chi connectivity index (χ3v) is 6.03. The lowest BCUT2D eigenvalue weighted by atomic mass is 10.0. The first-order chi connectivity index (χ1) is 16.5. The fraction of sp³-hybridized carbons (Fsp3) is 0.250. The second-order valence-corrected chi connectivity index (χ2v) is 9.46. The number of nitrogens with zero attached hydrogens (tertiary/aromatic N) is 3. The van der Waals surface area contributed by atoms with Gasteiger partial charge in [-0.05, 0) is 67.0 Å². The van der Waals surface area contributed by atoms with Crippen LogP contribution in [0.3, 0.4) is 0 Å². The Kier molecular flexibility index (Phi) is 5.88. The van der Waals surface area contributed by atoms with Crippen molar-refractivity contribution in [3.05, 3.63) is 85.2 Å². The molecule has 1 aromatic carbocycles. The summed E-state index contributed by atoms with van der Waals surface area (Å²) in [7, 11) is 0. The van der Waals surface area contributed by atoms with Crippen LogP contribution in [0, 0.1) is 11.8 Å². The molecular formula is C28H30N6. The Morgan fingerprint density at radius 3 is 2.59 bits per heavy atom. The highest BCUT2D eigenvalue weighted by Crippen LogP contribution is 2.36. The molecule has 3 heterocycles. The van der Waals surface area contributed by atoms with Crippen molar-refractivity contribution in [2.45, 2.75) is 33.1 Å². The largest absolute Gasteiger partial charge is 0.358 e. The number of fused-ring (bicyclic) bond motifs is 1. The second kappa shape index (κ2) is 9.14. The number of aromatic nitrogens is 4. The number of hydrogen-bond acceptors (Lipinski definition) is 5. The van der Waals surface area contributed by atoms with Crippen LogP contribution in [0.5, 0.6) is 0 Å². The van der Waals surface area contributed by atoms with Crippen LogP contribution in [0.15, 0.2) is 73.8 Å². The fourth-order valence-electron chi connectivity index (χ4n) is 4.08. The lowest BCUT2D eigenvalue weighted by Gasteiger charge is -2.11. The summed E-state index contributed by atoms with van der Waals surface area (Å²) in [5, 5.41) is 15.4. The molecule has 6 nitrogen and oxygen atoms in total. The molecule has 1 aliphatic carbocycles. The van der Waals surface area contributed by atoms with E-state index in [4.69, 9.17) is 0 Å². The Bertz CT molecular complexity index is 1350. The maximum atomic E-state index is 4.56. The molecule has 0 radical (unpaired) electrons. The minimum atomic E-state index is 0.578. The summed E-state index contributed by atoms with van der Waals surface area (Å²) in [6, 6.07) is 12.5. The number of nitrogens with one attached hydrogen (secondary N) is 3. The Morgan fingerprint density at radius 1 is 1.00 bits per heavy atom. The van der Waals surface area contributed by atoms with Crippen molar-refractivity contribution < 1.29 is 0 Å². The molecule has 3 N–H and O–H groups in total. The van der Waals surface area contributed by atoms with Crippen molar-refractivity contribution in [3.63, 3.8) is 0 Å². The van der Waals surface area contributed by atoms with Crippen LogP contribution in [0.1, 0.15) is 38.1 Å². The van der Waals surface area contributed by atoms with Crippen LogP contribution in [-0.2, 0) is 6.42 Å². The zero-order valence-corrected chi connectivity index (χ0v) is 19.7. The summed E-state index contributed by atoms with van der Waals surface area (Å²) in [4.78, 5) is 9.00. The Balaban J connectivity index is 1.37. The van der Waals surface area contributed by atoms with E-state index in [1.165, 1.54) is 12.8 Å². The maximum Gasteiger partial charge on any atom is 0.116 e. The SMILES string of the molecule is C=C(Nc1ccc(CC(C)C)nc1)c1n[nH]c2ccc(-c3cncc(NC(=C)C4CC4)c3)cc12. The van der Waals surface area contributed by atoms with Crippen LogP contribution >= 0.6 is 0 Å². The van der Waals surface area contributed by atoms with Gasteiger partial charge in [0.2, 0.25) is 0 Å². The third kappa shape index (κ3) is 4.86. The highest BCUT2D eigenvalue weighted by molar-refractivity contribution is 5.95. The molecule has 0 saturated heterocycles. The number of H-pyrrole nitrogens is 1. The monoisotopic (exact) mass is 450 g/mol. The topological polar surface area (TPSA) is 78.5 Å². The summed E-state index contributed by atoms with van der Waals surface area (Å²) in [6.07, 6.45) is 8.97. The average molecular weight is 451 g/mol. The van der Waals surface area contributed by atoms with E-state index < -0.39 is 0 Å². The molecule has 0 aliphatic heterocycles. The van der Waals surface area contributed by atoms with Crippen LogP contribution in [0.4, 0.5) is 11.4 Å². The van der Waals surface area contributed by atoms with Gasteiger partial charge < -0.3 is 10.6 Å². The summed E-state index contributed by atoms with van der Waals surface area (Å²) in [6.45, 7) is 12.8. The Hall–Kier alpha value is -3.93. The molecule has 1 fully saturated rings. The Morgan fingerprint density at radius 2 is 1.85 bits per heavy atom. The van der Waals surface area contributed by atoms with Gasteiger partial charge in [-0.25, -0.2) is 0 Å². The summed E-state index contributed by atoms with van der Waals surface area (Å²) >= 11 is 0. The molecule has 4 aromatic rings. The Labute approximate surface area is 200 Å². The average Bonchev–Trinajstić information content (AvgIpc) is 3.59. The van der Waals surface area contributed by atoms with Crippen molar-refractivity contribution >= 4 is 28.0 Å². The number of allylic oxidation sites excluding steroid dienone is 1. The molecule has 172 valence electrons. The van der Waals surface area contributed by atoms with Crippen molar-refractivity contribution in [3.8, 4) is 11.1 Å². The first kappa shape index (κ1) is 21.9. The van der Waals surface area contributed by atoms with Crippen molar-refractivity contribution in [2.75, 3.05) is 10.6 Å². The molecule has 0 amide bonds. The van der Waals surface area contributed by atoms with Crippen LogP contribution in [0.25, 0.3) is 27.7 Å². The molecule has 34 heavy (non-hydrogen) atoms. The summed E-state index contributed by atoms with van der Waals surface area (Å²) in [5.74, 6) is 1.17. The van der Waals surface area contributed by atoms with E-state index in [0.29, 0.717) is 11.8 Å².